The summed E-state index contributed by atoms with van der Waals surface area (Å²) in [7, 11) is 0. The molecule has 1 fully saturated rings. The van der Waals surface area contributed by atoms with Gasteiger partial charge >= 0.3 is 0 Å². The zero-order chi connectivity index (χ0) is 10.7. The summed E-state index contributed by atoms with van der Waals surface area (Å²) in [5.74, 6) is 1.07. The van der Waals surface area contributed by atoms with Gasteiger partial charge < -0.3 is 14.6 Å². The van der Waals surface area contributed by atoms with E-state index in [2.05, 4.69) is 6.92 Å². The predicted molar refractivity (Wildman–Crippen MR) is 57.1 cm³/mol. The van der Waals surface area contributed by atoms with E-state index in [-0.39, 0.29) is 5.75 Å². The highest BCUT2D eigenvalue weighted by molar-refractivity contribution is 5.29. The average molecular weight is 208 g/mol. The molecule has 1 N–H and O–H groups in total. The standard InChI is InChI=1S/C12H16O3/c1-12(8-14-9-12)6-7-15-11-4-2-10(13)3-5-11/h2-5,13H,6-9H2,1H3. The molecule has 2 rings (SSSR count). The van der Waals surface area contributed by atoms with Crippen LogP contribution in [-0.4, -0.2) is 24.9 Å². The van der Waals surface area contributed by atoms with E-state index < -0.39 is 0 Å². The summed E-state index contributed by atoms with van der Waals surface area (Å²) in [5, 5.41) is 9.09. The lowest BCUT2D eigenvalue weighted by Gasteiger charge is -2.37. The molecule has 0 spiro atoms. The lowest BCUT2D eigenvalue weighted by Crippen LogP contribution is -2.40. The number of hydrogen-bond acceptors (Lipinski definition) is 3. The quantitative estimate of drug-likeness (QED) is 0.824. The fourth-order valence-corrected chi connectivity index (χ4v) is 1.55. The van der Waals surface area contributed by atoms with E-state index in [0.29, 0.717) is 12.0 Å². The molecule has 0 atom stereocenters. The number of phenolic OH excluding ortho intramolecular Hbond substituents is 1. The monoisotopic (exact) mass is 208 g/mol. The highest BCUT2D eigenvalue weighted by Crippen LogP contribution is 2.30. The van der Waals surface area contributed by atoms with Gasteiger partial charge in [0.25, 0.3) is 0 Å². The highest BCUT2D eigenvalue weighted by atomic mass is 16.5. The minimum absolute atomic E-state index is 0.265. The summed E-state index contributed by atoms with van der Waals surface area (Å²) in [5.41, 5.74) is 0.302. The summed E-state index contributed by atoms with van der Waals surface area (Å²) in [6.45, 7) is 4.58. The van der Waals surface area contributed by atoms with Crippen LogP contribution in [-0.2, 0) is 4.74 Å². The number of aromatic hydroxyl groups is 1. The van der Waals surface area contributed by atoms with E-state index in [9.17, 15) is 0 Å². The third-order valence-corrected chi connectivity index (χ3v) is 2.71. The number of rotatable bonds is 4. The molecule has 3 heteroatoms. The fourth-order valence-electron chi connectivity index (χ4n) is 1.55. The van der Waals surface area contributed by atoms with Gasteiger partial charge in [-0.2, -0.15) is 0 Å². The fraction of sp³-hybridized carbons (Fsp3) is 0.500. The van der Waals surface area contributed by atoms with Gasteiger partial charge in [-0.15, -0.1) is 0 Å². The van der Waals surface area contributed by atoms with Crippen molar-refractivity contribution in [3.8, 4) is 11.5 Å². The van der Waals surface area contributed by atoms with E-state index in [1.165, 1.54) is 0 Å². The Kier molecular flexibility index (Phi) is 2.82. The second-order valence-electron chi connectivity index (χ2n) is 4.40. The second kappa shape index (κ2) is 4.11. The lowest BCUT2D eigenvalue weighted by atomic mass is 9.85. The molecule has 0 saturated carbocycles. The molecule has 0 radical (unpaired) electrons. The molecular formula is C12H16O3. The van der Waals surface area contributed by atoms with Crippen LogP contribution in [0.15, 0.2) is 24.3 Å². The van der Waals surface area contributed by atoms with Gasteiger partial charge in [-0.3, -0.25) is 0 Å². The Morgan fingerprint density at radius 3 is 2.53 bits per heavy atom. The Bertz CT molecular complexity index is 314. The Morgan fingerprint density at radius 1 is 1.33 bits per heavy atom. The number of ether oxygens (including phenoxy) is 2. The van der Waals surface area contributed by atoms with E-state index in [0.717, 1.165) is 25.4 Å². The molecule has 1 aromatic rings. The molecule has 1 saturated heterocycles. The first-order valence-electron chi connectivity index (χ1n) is 5.18. The van der Waals surface area contributed by atoms with Crippen molar-refractivity contribution in [1.82, 2.24) is 0 Å². The molecule has 0 aliphatic carbocycles. The van der Waals surface area contributed by atoms with Crippen LogP contribution in [0.1, 0.15) is 13.3 Å². The number of phenols is 1. The van der Waals surface area contributed by atoms with Crippen LogP contribution in [0.3, 0.4) is 0 Å². The second-order valence-corrected chi connectivity index (χ2v) is 4.40. The maximum Gasteiger partial charge on any atom is 0.119 e. The molecular weight excluding hydrogens is 192 g/mol. The van der Waals surface area contributed by atoms with Crippen LogP contribution in [0, 0.1) is 5.41 Å². The van der Waals surface area contributed by atoms with Crippen molar-refractivity contribution in [3.63, 3.8) is 0 Å². The Hall–Kier alpha value is -1.22. The molecule has 0 unspecified atom stereocenters. The predicted octanol–water partition coefficient (Wildman–Crippen LogP) is 2.20. The van der Waals surface area contributed by atoms with Crippen molar-refractivity contribution in [2.24, 2.45) is 5.41 Å². The highest BCUT2D eigenvalue weighted by Gasteiger charge is 2.32. The zero-order valence-corrected chi connectivity index (χ0v) is 8.90. The van der Waals surface area contributed by atoms with Crippen LogP contribution in [0.4, 0.5) is 0 Å². The summed E-state index contributed by atoms with van der Waals surface area (Å²) in [6, 6.07) is 6.80. The van der Waals surface area contributed by atoms with Crippen molar-refractivity contribution >= 4 is 0 Å². The van der Waals surface area contributed by atoms with Gasteiger partial charge in [-0.1, -0.05) is 6.92 Å². The average Bonchev–Trinajstić information content (AvgIpc) is 2.19. The van der Waals surface area contributed by atoms with Crippen LogP contribution < -0.4 is 4.74 Å². The summed E-state index contributed by atoms with van der Waals surface area (Å²) in [4.78, 5) is 0. The molecule has 1 heterocycles. The van der Waals surface area contributed by atoms with Crippen molar-refractivity contribution in [3.05, 3.63) is 24.3 Å². The molecule has 0 aromatic heterocycles. The third kappa shape index (κ3) is 2.63. The Balaban J connectivity index is 1.76. The first kappa shape index (κ1) is 10.3. The third-order valence-electron chi connectivity index (χ3n) is 2.71. The Morgan fingerprint density at radius 2 is 2.00 bits per heavy atom. The van der Waals surface area contributed by atoms with Gasteiger partial charge in [0, 0.05) is 5.41 Å². The first-order valence-corrected chi connectivity index (χ1v) is 5.18. The molecule has 3 nitrogen and oxygen atoms in total. The van der Waals surface area contributed by atoms with E-state index in [1.54, 1.807) is 24.3 Å². The van der Waals surface area contributed by atoms with Crippen molar-refractivity contribution in [2.75, 3.05) is 19.8 Å². The maximum atomic E-state index is 9.09. The van der Waals surface area contributed by atoms with Crippen LogP contribution in [0.2, 0.25) is 0 Å². The van der Waals surface area contributed by atoms with E-state index in [4.69, 9.17) is 14.6 Å². The smallest absolute Gasteiger partial charge is 0.119 e. The maximum absolute atomic E-state index is 9.09. The van der Waals surface area contributed by atoms with E-state index >= 15 is 0 Å². The molecule has 1 aromatic carbocycles. The van der Waals surface area contributed by atoms with Gasteiger partial charge in [0.15, 0.2) is 0 Å². The molecule has 1 aliphatic rings. The SMILES string of the molecule is CC1(CCOc2ccc(O)cc2)COC1. The van der Waals surface area contributed by atoms with Gasteiger partial charge in [-0.25, -0.2) is 0 Å². The topological polar surface area (TPSA) is 38.7 Å². The molecule has 0 bridgehead atoms. The summed E-state index contributed by atoms with van der Waals surface area (Å²) < 4.78 is 10.7. The van der Waals surface area contributed by atoms with Crippen LogP contribution in [0.25, 0.3) is 0 Å². The van der Waals surface area contributed by atoms with Gasteiger partial charge in [0.1, 0.15) is 11.5 Å². The number of hydrogen-bond donors (Lipinski definition) is 1. The van der Waals surface area contributed by atoms with Crippen molar-refractivity contribution in [2.45, 2.75) is 13.3 Å². The largest absolute Gasteiger partial charge is 0.508 e. The Labute approximate surface area is 89.6 Å². The zero-order valence-electron chi connectivity index (χ0n) is 8.90. The van der Waals surface area contributed by atoms with Crippen molar-refractivity contribution in [1.29, 1.82) is 0 Å². The first-order chi connectivity index (χ1) is 7.18. The normalized spacial score (nSPS) is 18.2. The molecule has 15 heavy (non-hydrogen) atoms. The van der Waals surface area contributed by atoms with Crippen LogP contribution >= 0.6 is 0 Å². The minimum Gasteiger partial charge on any atom is -0.508 e. The molecule has 82 valence electrons. The minimum atomic E-state index is 0.265. The van der Waals surface area contributed by atoms with Crippen molar-refractivity contribution < 1.29 is 14.6 Å². The van der Waals surface area contributed by atoms with Gasteiger partial charge in [0.05, 0.1) is 19.8 Å². The molecule has 0 amide bonds. The number of benzene rings is 1. The lowest BCUT2D eigenvalue weighted by molar-refractivity contribution is -0.109. The van der Waals surface area contributed by atoms with Crippen LogP contribution in [0.5, 0.6) is 11.5 Å². The summed E-state index contributed by atoms with van der Waals surface area (Å²) in [6.07, 6.45) is 1.01. The summed E-state index contributed by atoms with van der Waals surface area (Å²) >= 11 is 0. The van der Waals surface area contributed by atoms with Gasteiger partial charge in [0.2, 0.25) is 0 Å². The van der Waals surface area contributed by atoms with Gasteiger partial charge in [-0.05, 0) is 30.7 Å². The van der Waals surface area contributed by atoms with E-state index in [1.807, 2.05) is 0 Å². The molecule has 1 aliphatic heterocycles.